The minimum Gasteiger partial charge on any atom is -0.293 e. The number of nitrogens with zero attached hydrogens (tertiary/aromatic N) is 2. The average Bonchev–Trinajstić information content (AvgIpc) is 2.80. The first-order valence-corrected chi connectivity index (χ1v) is 6.18. The fraction of sp³-hybridized carbons (Fsp3) is 0.182. The highest BCUT2D eigenvalue weighted by atomic mass is 79.9. The Morgan fingerprint density at radius 2 is 1.95 bits per heavy atom. The molecule has 9 heteroatoms. The number of anilines is 1. The van der Waals surface area contributed by atoms with Crippen molar-refractivity contribution in [1.29, 1.82) is 0 Å². The lowest BCUT2D eigenvalue weighted by Crippen LogP contribution is -2.15. The molecule has 0 aliphatic carbocycles. The minimum absolute atomic E-state index is 0.0170. The normalized spacial score (nSPS) is 11.4. The number of aromatic nitrogens is 3. The highest BCUT2D eigenvalue weighted by molar-refractivity contribution is 9.10. The van der Waals surface area contributed by atoms with Crippen molar-refractivity contribution in [3.8, 4) is 0 Å². The number of carbonyl (C=O) groups excluding carboxylic acids is 1. The average molecular weight is 349 g/mol. The van der Waals surface area contributed by atoms with Crippen LogP contribution in [-0.2, 0) is 17.4 Å². The fourth-order valence-corrected chi connectivity index (χ4v) is 1.67. The second kappa shape index (κ2) is 5.61. The van der Waals surface area contributed by atoms with Crippen LogP contribution in [0.3, 0.4) is 0 Å². The number of halogens is 4. The van der Waals surface area contributed by atoms with E-state index in [0.717, 1.165) is 10.0 Å². The number of hydrogen-bond acceptors (Lipinski definition) is 3. The molecule has 2 N–H and O–H groups in total. The van der Waals surface area contributed by atoms with E-state index >= 15 is 0 Å². The Hall–Kier alpha value is -1.90. The minimum atomic E-state index is -4.62. The van der Waals surface area contributed by atoms with Crippen molar-refractivity contribution < 1.29 is 18.0 Å². The molecule has 1 aromatic heterocycles. The van der Waals surface area contributed by atoms with Gasteiger partial charge in [-0.15, -0.1) is 5.10 Å². The Balaban J connectivity index is 1.98. The highest BCUT2D eigenvalue weighted by Gasteiger charge is 2.35. The summed E-state index contributed by atoms with van der Waals surface area (Å²) in [6, 6.07) is 6.97. The van der Waals surface area contributed by atoms with E-state index in [0.29, 0.717) is 0 Å². The zero-order valence-corrected chi connectivity index (χ0v) is 11.4. The van der Waals surface area contributed by atoms with Crippen LogP contribution < -0.4 is 5.32 Å². The van der Waals surface area contributed by atoms with Crippen molar-refractivity contribution in [3.63, 3.8) is 0 Å². The summed E-state index contributed by atoms with van der Waals surface area (Å²) in [6.45, 7) is 0. The Morgan fingerprint density at radius 1 is 1.30 bits per heavy atom. The number of benzene rings is 1. The number of hydrogen-bond donors (Lipinski definition) is 2. The van der Waals surface area contributed by atoms with Crippen molar-refractivity contribution in [2.75, 3.05) is 5.32 Å². The van der Waals surface area contributed by atoms with Gasteiger partial charge in [0.2, 0.25) is 17.7 Å². The molecule has 20 heavy (non-hydrogen) atoms. The van der Waals surface area contributed by atoms with Crippen LogP contribution in [0.1, 0.15) is 11.4 Å². The summed E-state index contributed by atoms with van der Waals surface area (Å²) in [6.07, 6.45) is -4.61. The largest absolute Gasteiger partial charge is 0.451 e. The molecular weight excluding hydrogens is 341 g/mol. The van der Waals surface area contributed by atoms with E-state index in [4.69, 9.17) is 0 Å². The van der Waals surface area contributed by atoms with E-state index in [-0.39, 0.29) is 6.42 Å². The third-order valence-electron chi connectivity index (χ3n) is 2.28. The number of aromatic amines is 1. The Bertz CT molecular complexity index is 609. The van der Waals surface area contributed by atoms with Gasteiger partial charge in [-0.2, -0.15) is 18.2 Å². The van der Waals surface area contributed by atoms with Gasteiger partial charge in [0.25, 0.3) is 0 Å². The predicted octanol–water partition coefficient (Wildman–Crippen LogP) is 2.77. The van der Waals surface area contributed by atoms with Gasteiger partial charge in [0, 0.05) is 4.47 Å². The van der Waals surface area contributed by atoms with Crippen LogP contribution in [0.4, 0.5) is 19.1 Å². The van der Waals surface area contributed by atoms with Gasteiger partial charge in [-0.1, -0.05) is 28.1 Å². The van der Waals surface area contributed by atoms with Gasteiger partial charge >= 0.3 is 6.18 Å². The molecule has 0 bridgehead atoms. The first kappa shape index (κ1) is 14.5. The molecule has 0 saturated carbocycles. The number of nitrogens with one attached hydrogen (secondary N) is 2. The topological polar surface area (TPSA) is 70.7 Å². The third kappa shape index (κ3) is 3.80. The summed E-state index contributed by atoms with van der Waals surface area (Å²) in [5.74, 6) is -2.16. The number of carbonyl (C=O) groups is 1. The maximum absolute atomic E-state index is 12.3. The molecule has 0 atom stereocenters. The van der Waals surface area contributed by atoms with E-state index < -0.39 is 23.9 Å². The second-order valence-electron chi connectivity index (χ2n) is 3.86. The van der Waals surface area contributed by atoms with Gasteiger partial charge in [0.15, 0.2) is 0 Å². The molecule has 0 fully saturated rings. The molecule has 5 nitrogen and oxygen atoms in total. The summed E-state index contributed by atoms with van der Waals surface area (Å²) < 4.78 is 37.7. The van der Waals surface area contributed by atoms with Crippen LogP contribution in [0, 0.1) is 0 Å². The molecule has 0 saturated heterocycles. The van der Waals surface area contributed by atoms with Crippen molar-refractivity contribution in [2.45, 2.75) is 12.6 Å². The third-order valence-corrected chi connectivity index (χ3v) is 2.81. The molecule has 106 valence electrons. The van der Waals surface area contributed by atoms with Crippen molar-refractivity contribution in [2.24, 2.45) is 0 Å². The lowest BCUT2D eigenvalue weighted by molar-refractivity contribution is -0.144. The fourth-order valence-electron chi connectivity index (χ4n) is 1.40. The lowest BCUT2D eigenvalue weighted by Gasteiger charge is -2.02. The van der Waals surface area contributed by atoms with Gasteiger partial charge in [0.05, 0.1) is 6.42 Å². The first-order valence-electron chi connectivity index (χ1n) is 5.38. The lowest BCUT2D eigenvalue weighted by atomic mass is 10.1. The van der Waals surface area contributed by atoms with Gasteiger partial charge < -0.3 is 0 Å². The zero-order chi connectivity index (χ0) is 14.8. The maximum atomic E-state index is 12.3. The van der Waals surface area contributed by atoms with Crippen LogP contribution >= 0.6 is 15.9 Å². The van der Waals surface area contributed by atoms with E-state index in [9.17, 15) is 18.0 Å². The molecule has 1 aromatic carbocycles. The van der Waals surface area contributed by atoms with Crippen molar-refractivity contribution in [3.05, 3.63) is 40.1 Å². The summed E-state index contributed by atoms with van der Waals surface area (Å²) >= 11 is 3.26. The molecule has 1 amide bonds. The number of alkyl halides is 3. The molecule has 2 aromatic rings. The van der Waals surface area contributed by atoms with Crippen molar-refractivity contribution in [1.82, 2.24) is 15.2 Å². The molecule has 2 rings (SSSR count). The van der Waals surface area contributed by atoms with Gasteiger partial charge in [0.1, 0.15) is 0 Å². The predicted molar refractivity (Wildman–Crippen MR) is 67.9 cm³/mol. The Kier molecular flexibility index (Phi) is 4.07. The second-order valence-corrected chi connectivity index (χ2v) is 4.77. The molecule has 0 radical (unpaired) electrons. The summed E-state index contributed by atoms with van der Waals surface area (Å²) in [5, 5.41) is 7.19. The molecule has 1 heterocycles. The van der Waals surface area contributed by atoms with Crippen LogP contribution in [0.5, 0.6) is 0 Å². The summed E-state index contributed by atoms with van der Waals surface area (Å²) in [4.78, 5) is 14.8. The van der Waals surface area contributed by atoms with Gasteiger partial charge in [-0.05, 0) is 17.7 Å². The SMILES string of the molecule is O=C(Cc1ccc(Br)cc1)Nc1n[nH]c(C(F)(F)F)n1. The molecule has 0 unspecified atom stereocenters. The molecule has 0 aliphatic rings. The maximum Gasteiger partial charge on any atom is 0.451 e. The Morgan fingerprint density at radius 3 is 2.50 bits per heavy atom. The first-order chi connectivity index (χ1) is 9.34. The number of rotatable bonds is 3. The Labute approximate surface area is 119 Å². The molecule has 0 aliphatic heterocycles. The standard InChI is InChI=1S/C11H8BrF3N4O/c12-7-3-1-6(2-4-7)5-8(20)16-10-17-9(18-19-10)11(13,14)15/h1-4H,5H2,(H2,16,17,18,19,20). The van der Waals surface area contributed by atoms with Crippen LogP contribution in [0.2, 0.25) is 0 Å². The van der Waals surface area contributed by atoms with E-state index in [1.165, 1.54) is 0 Å². The summed E-state index contributed by atoms with van der Waals surface area (Å²) in [5.41, 5.74) is 0.720. The number of amides is 1. The monoisotopic (exact) mass is 348 g/mol. The zero-order valence-electron chi connectivity index (χ0n) is 9.83. The molecule has 0 spiro atoms. The summed E-state index contributed by atoms with van der Waals surface area (Å²) in [7, 11) is 0. The van der Waals surface area contributed by atoms with Gasteiger partial charge in [-0.3, -0.25) is 15.2 Å². The smallest absolute Gasteiger partial charge is 0.293 e. The quantitative estimate of drug-likeness (QED) is 0.895. The van der Waals surface area contributed by atoms with E-state index in [1.54, 1.807) is 29.4 Å². The molecular formula is C11H8BrF3N4O. The van der Waals surface area contributed by atoms with Crippen LogP contribution in [0.25, 0.3) is 0 Å². The van der Waals surface area contributed by atoms with Crippen LogP contribution in [0.15, 0.2) is 28.7 Å². The van der Waals surface area contributed by atoms with Crippen molar-refractivity contribution >= 4 is 27.8 Å². The van der Waals surface area contributed by atoms with E-state index in [1.807, 2.05) is 0 Å². The highest BCUT2D eigenvalue weighted by Crippen LogP contribution is 2.26. The number of H-pyrrole nitrogens is 1. The van der Waals surface area contributed by atoms with Crippen LogP contribution in [-0.4, -0.2) is 21.1 Å². The van der Waals surface area contributed by atoms with E-state index in [2.05, 4.69) is 31.3 Å². The van der Waals surface area contributed by atoms with Gasteiger partial charge in [-0.25, -0.2) is 0 Å².